The lowest BCUT2D eigenvalue weighted by Gasteiger charge is -2.19. The first-order valence-corrected chi connectivity index (χ1v) is 8.03. The molecule has 1 aliphatic carbocycles. The third-order valence-electron chi connectivity index (χ3n) is 3.69. The normalized spacial score (nSPS) is 28.5. The van der Waals surface area contributed by atoms with Gasteiger partial charge >= 0.3 is 0 Å². The zero-order valence-corrected chi connectivity index (χ0v) is 11.7. The average molecular weight is 282 g/mol. The molecule has 1 aliphatic heterocycles. The molecule has 104 valence electrons. The maximum atomic E-state index is 11.8. The second-order valence-electron chi connectivity index (χ2n) is 5.09. The standard InChI is InChI=1S/C13H18N2O3S/c16-10-4-2-1-3-9(10)7-12-14-13(15-18-12)11-8-19-6-5-17-11/h9,11H,1-8H2. The number of nitrogens with zero attached hydrogens (tertiary/aromatic N) is 2. The Bertz CT molecular complexity index is 443. The first kappa shape index (κ1) is 13.1. The van der Waals surface area contributed by atoms with Gasteiger partial charge in [0, 0.05) is 30.3 Å². The Labute approximate surface area is 116 Å². The predicted octanol–water partition coefficient (Wildman–Crippen LogP) is 2.18. The molecule has 1 saturated heterocycles. The Balaban J connectivity index is 1.62. The van der Waals surface area contributed by atoms with E-state index < -0.39 is 0 Å². The first-order chi connectivity index (χ1) is 9.33. The van der Waals surface area contributed by atoms with Gasteiger partial charge < -0.3 is 9.26 Å². The van der Waals surface area contributed by atoms with Crippen LogP contribution in [0.3, 0.4) is 0 Å². The molecule has 2 unspecified atom stereocenters. The van der Waals surface area contributed by atoms with Crippen LogP contribution in [0.4, 0.5) is 0 Å². The fraction of sp³-hybridized carbons (Fsp3) is 0.769. The van der Waals surface area contributed by atoms with E-state index in [-0.39, 0.29) is 12.0 Å². The number of rotatable bonds is 3. The second kappa shape index (κ2) is 6.05. The summed E-state index contributed by atoms with van der Waals surface area (Å²) in [5, 5.41) is 3.99. The van der Waals surface area contributed by atoms with E-state index in [0.717, 1.165) is 37.4 Å². The monoisotopic (exact) mass is 282 g/mol. The third-order valence-corrected chi connectivity index (χ3v) is 4.68. The van der Waals surface area contributed by atoms with Crippen molar-refractivity contribution in [1.82, 2.24) is 10.1 Å². The molecule has 5 nitrogen and oxygen atoms in total. The van der Waals surface area contributed by atoms with Crippen molar-refractivity contribution in [3.8, 4) is 0 Å². The molecule has 1 saturated carbocycles. The second-order valence-corrected chi connectivity index (χ2v) is 6.24. The highest BCUT2D eigenvalue weighted by molar-refractivity contribution is 7.99. The van der Waals surface area contributed by atoms with Crippen molar-refractivity contribution < 1.29 is 14.1 Å². The van der Waals surface area contributed by atoms with Crippen LogP contribution < -0.4 is 0 Å². The SMILES string of the molecule is O=C1CCCCC1Cc1nc(C2CSCCO2)no1. The summed E-state index contributed by atoms with van der Waals surface area (Å²) in [6.07, 6.45) is 4.34. The van der Waals surface area contributed by atoms with E-state index in [1.165, 1.54) is 0 Å². The maximum absolute atomic E-state index is 11.8. The van der Waals surface area contributed by atoms with Gasteiger partial charge in [-0.05, 0) is 12.8 Å². The maximum Gasteiger partial charge on any atom is 0.227 e. The smallest absolute Gasteiger partial charge is 0.227 e. The molecule has 2 atom stereocenters. The molecule has 0 radical (unpaired) electrons. The Morgan fingerprint density at radius 2 is 2.32 bits per heavy atom. The van der Waals surface area contributed by atoms with E-state index in [9.17, 15) is 4.79 Å². The van der Waals surface area contributed by atoms with Crippen molar-refractivity contribution >= 4 is 17.5 Å². The highest BCUT2D eigenvalue weighted by atomic mass is 32.2. The highest BCUT2D eigenvalue weighted by Gasteiger charge is 2.26. The van der Waals surface area contributed by atoms with Gasteiger partial charge in [0.1, 0.15) is 11.9 Å². The van der Waals surface area contributed by atoms with Gasteiger partial charge in [-0.3, -0.25) is 4.79 Å². The number of hydrogen-bond acceptors (Lipinski definition) is 6. The Morgan fingerprint density at radius 3 is 3.11 bits per heavy atom. The van der Waals surface area contributed by atoms with Crippen LogP contribution in [-0.2, 0) is 16.0 Å². The molecule has 1 aromatic rings. The van der Waals surface area contributed by atoms with E-state index in [1.807, 2.05) is 11.8 Å². The summed E-state index contributed by atoms with van der Waals surface area (Å²) in [6, 6.07) is 0. The number of Topliss-reactive ketones (excluding diaryl/α,β-unsaturated/α-hetero) is 1. The van der Waals surface area contributed by atoms with Crippen LogP contribution in [0.5, 0.6) is 0 Å². The molecule has 2 fully saturated rings. The van der Waals surface area contributed by atoms with Crippen LogP contribution in [0.15, 0.2) is 4.52 Å². The summed E-state index contributed by atoms with van der Waals surface area (Å²) in [7, 11) is 0. The van der Waals surface area contributed by atoms with E-state index in [2.05, 4.69) is 10.1 Å². The van der Waals surface area contributed by atoms with Crippen LogP contribution in [-0.4, -0.2) is 34.0 Å². The largest absolute Gasteiger partial charge is 0.368 e. The molecule has 0 spiro atoms. The van der Waals surface area contributed by atoms with Gasteiger partial charge in [-0.15, -0.1) is 0 Å². The number of thioether (sulfide) groups is 1. The number of ether oxygens (including phenoxy) is 1. The van der Waals surface area contributed by atoms with Gasteiger partial charge in [0.25, 0.3) is 0 Å². The minimum absolute atomic E-state index is 0.0571. The van der Waals surface area contributed by atoms with Gasteiger partial charge in [-0.2, -0.15) is 16.7 Å². The summed E-state index contributed by atoms with van der Waals surface area (Å²) in [5.74, 6) is 3.53. The molecule has 19 heavy (non-hydrogen) atoms. The molecular formula is C13H18N2O3S. The lowest BCUT2D eigenvalue weighted by molar-refractivity contribution is -0.124. The number of aromatic nitrogens is 2. The topological polar surface area (TPSA) is 65.2 Å². The molecule has 6 heteroatoms. The lowest BCUT2D eigenvalue weighted by atomic mass is 9.86. The third kappa shape index (κ3) is 3.17. The van der Waals surface area contributed by atoms with Crippen molar-refractivity contribution in [3.63, 3.8) is 0 Å². The van der Waals surface area contributed by atoms with Crippen molar-refractivity contribution in [3.05, 3.63) is 11.7 Å². The Morgan fingerprint density at radius 1 is 1.37 bits per heavy atom. The summed E-state index contributed by atoms with van der Waals surface area (Å²) in [4.78, 5) is 16.2. The number of carbonyl (C=O) groups excluding carboxylic acids is 1. The highest BCUT2D eigenvalue weighted by Crippen LogP contribution is 2.26. The molecule has 0 bridgehead atoms. The molecule has 1 aromatic heterocycles. The number of hydrogen-bond donors (Lipinski definition) is 0. The molecule has 3 rings (SSSR count). The fourth-order valence-corrected chi connectivity index (χ4v) is 3.44. The molecule has 0 N–H and O–H groups in total. The van der Waals surface area contributed by atoms with Crippen LogP contribution in [0.25, 0.3) is 0 Å². The summed E-state index contributed by atoms with van der Waals surface area (Å²) < 4.78 is 10.9. The fourth-order valence-electron chi connectivity index (χ4n) is 2.60. The number of carbonyl (C=O) groups is 1. The minimum Gasteiger partial charge on any atom is -0.368 e. The average Bonchev–Trinajstić information content (AvgIpc) is 2.91. The summed E-state index contributed by atoms with van der Waals surface area (Å²) in [6.45, 7) is 0.736. The van der Waals surface area contributed by atoms with E-state index >= 15 is 0 Å². The van der Waals surface area contributed by atoms with E-state index in [4.69, 9.17) is 9.26 Å². The van der Waals surface area contributed by atoms with Gasteiger partial charge in [-0.25, -0.2) is 0 Å². The van der Waals surface area contributed by atoms with Crippen LogP contribution >= 0.6 is 11.8 Å². The van der Waals surface area contributed by atoms with Crippen molar-refractivity contribution in [2.45, 2.75) is 38.2 Å². The lowest BCUT2D eigenvalue weighted by Crippen LogP contribution is -2.21. The summed E-state index contributed by atoms with van der Waals surface area (Å²) >= 11 is 1.84. The van der Waals surface area contributed by atoms with E-state index in [1.54, 1.807) is 0 Å². The van der Waals surface area contributed by atoms with Crippen molar-refractivity contribution in [2.75, 3.05) is 18.1 Å². The summed E-state index contributed by atoms with van der Waals surface area (Å²) in [5.41, 5.74) is 0. The zero-order chi connectivity index (χ0) is 13.1. The quantitative estimate of drug-likeness (QED) is 0.846. The molecule has 0 aromatic carbocycles. The number of ketones is 1. The molecular weight excluding hydrogens is 264 g/mol. The molecule has 2 heterocycles. The van der Waals surface area contributed by atoms with Gasteiger partial charge in [0.05, 0.1) is 6.61 Å². The zero-order valence-electron chi connectivity index (χ0n) is 10.8. The Hall–Kier alpha value is -0.880. The minimum atomic E-state index is -0.0571. The molecule has 0 amide bonds. The predicted molar refractivity (Wildman–Crippen MR) is 71.0 cm³/mol. The van der Waals surface area contributed by atoms with Gasteiger partial charge in [-0.1, -0.05) is 11.6 Å². The van der Waals surface area contributed by atoms with E-state index in [0.29, 0.717) is 30.3 Å². The van der Waals surface area contributed by atoms with Gasteiger partial charge in [0.15, 0.2) is 0 Å². The van der Waals surface area contributed by atoms with Crippen molar-refractivity contribution in [1.29, 1.82) is 0 Å². The Kier molecular flexibility index (Phi) is 4.18. The van der Waals surface area contributed by atoms with Crippen LogP contribution in [0, 0.1) is 5.92 Å². The van der Waals surface area contributed by atoms with Crippen LogP contribution in [0.1, 0.15) is 43.5 Å². The van der Waals surface area contributed by atoms with Crippen molar-refractivity contribution in [2.24, 2.45) is 5.92 Å². The van der Waals surface area contributed by atoms with Crippen LogP contribution in [0.2, 0.25) is 0 Å². The van der Waals surface area contributed by atoms with Gasteiger partial charge in [0.2, 0.25) is 11.7 Å². The first-order valence-electron chi connectivity index (χ1n) is 6.87. The molecule has 2 aliphatic rings.